The van der Waals surface area contributed by atoms with E-state index in [4.69, 9.17) is 4.74 Å². The fourth-order valence-corrected chi connectivity index (χ4v) is 2.88. The topological polar surface area (TPSA) is 72.7 Å². The fourth-order valence-electron chi connectivity index (χ4n) is 2.44. The van der Waals surface area contributed by atoms with Crippen LogP contribution in [0.2, 0.25) is 0 Å². The maximum absolute atomic E-state index is 12.9. The van der Waals surface area contributed by atoms with Gasteiger partial charge in [0.1, 0.15) is 11.3 Å². The monoisotopic (exact) mass is 360 g/mol. The Morgan fingerprint density at radius 2 is 1.88 bits per heavy atom. The molecule has 2 aromatic rings. The lowest BCUT2D eigenvalue weighted by Crippen LogP contribution is -2.30. The summed E-state index contributed by atoms with van der Waals surface area (Å²) in [5.41, 5.74) is 0.830. The Morgan fingerprint density at radius 3 is 2.40 bits per heavy atom. The molecule has 0 N–H and O–H groups in total. The molecule has 0 bridgehead atoms. The van der Waals surface area contributed by atoms with E-state index in [1.54, 1.807) is 26.3 Å². The van der Waals surface area contributed by atoms with Crippen molar-refractivity contribution in [3.8, 4) is 5.75 Å². The van der Waals surface area contributed by atoms with Crippen molar-refractivity contribution < 1.29 is 14.5 Å². The second-order valence-corrected chi connectivity index (χ2v) is 6.39. The zero-order valence-corrected chi connectivity index (χ0v) is 15.4. The van der Waals surface area contributed by atoms with Crippen molar-refractivity contribution in [3.05, 3.63) is 63.7 Å². The van der Waals surface area contributed by atoms with E-state index < -0.39 is 4.92 Å². The van der Waals surface area contributed by atoms with Gasteiger partial charge in [0.2, 0.25) is 0 Å². The molecule has 6 nitrogen and oxygen atoms in total. The molecule has 0 saturated heterocycles. The molecule has 0 spiro atoms. The van der Waals surface area contributed by atoms with Gasteiger partial charge in [-0.25, -0.2) is 0 Å². The largest absolute Gasteiger partial charge is 0.497 e. The number of rotatable bonds is 6. The summed E-state index contributed by atoms with van der Waals surface area (Å²) in [6, 6.07) is 11.7. The van der Waals surface area contributed by atoms with Gasteiger partial charge < -0.3 is 9.64 Å². The van der Waals surface area contributed by atoms with E-state index in [0.717, 1.165) is 16.2 Å². The zero-order valence-electron chi connectivity index (χ0n) is 14.6. The highest BCUT2D eigenvalue weighted by molar-refractivity contribution is 7.98. The first kappa shape index (κ1) is 18.8. The van der Waals surface area contributed by atoms with E-state index >= 15 is 0 Å². The van der Waals surface area contributed by atoms with Gasteiger partial charge in [-0.3, -0.25) is 14.9 Å². The standard InChI is InChI=1S/C18H20N2O4S/c1-12(13-5-7-14(24-3)8-6-13)19(2)18(21)16-11-15(25-4)9-10-17(16)20(22)23/h5-12H,1-4H3. The van der Waals surface area contributed by atoms with Gasteiger partial charge in [-0.2, -0.15) is 0 Å². The number of hydrogen-bond acceptors (Lipinski definition) is 5. The van der Waals surface area contributed by atoms with Crippen LogP contribution in [0.3, 0.4) is 0 Å². The number of carbonyl (C=O) groups is 1. The van der Waals surface area contributed by atoms with Gasteiger partial charge in [-0.15, -0.1) is 11.8 Å². The molecule has 132 valence electrons. The van der Waals surface area contributed by atoms with E-state index in [9.17, 15) is 14.9 Å². The van der Waals surface area contributed by atoms with Crippen LogP contribution in [-0.2, 0) is 0 Å². The van der Waals surface area contributed by atoms with Gasteiger partial charge in [-0.05, 0) is 43.0 Å². The number of benzene rings is 2. The average Bonchev–Trinajstić information content (AvgIpc) is 2.65. The van der Waals surface area contributed by atoms with Gasteiger partial charge >= 0.3 is 0 Å². The van der Waals surface area contributed by atoms with Crippen LogP contribution < -0.4 is 4.74 Å². The Morgan fingerprint density at radius 1 is 1.24 bits per heavy atom. The Kier molecular flexibility index (Phi) is 6.03. The molecule has 0 aliphatic heterocycles. The van der Waals surface area contributed by atoms with Crippen molar-refractivity contribution in [1.82, 2.24) is 4.90 Å². The number of hydrogen-bond donors (Lipinski definition) is 0. The number of carbonyl (C=O) groups excluding carboxylic acids is 1. The average molecular weight is 360 g/mol. The molecular weight excluding hydrogens is 340 g/mol. The Labute approximate surface area is 150 Å². The third-order valence-electron chi connectivity index (χ3n) is 4.13. The number of nitro benzene ring substituents is 1. The zero-order chi connectivity index (χ0) is 18.6. The van der Waals surface area contributed by atoms with Crippen LogP contribution in [0.15, 0.2) is 47.4 Å². The molecule has 1 unspecified atom stereocenters. The molecule has 0 aliphatic rings. The molecule has 0 aromatic heterocycles. The lowest BCUT2D eigenvalue weighted by atomic mass is 10.1. The van der Waals surface area contributed by atoms with Crippen molar-refractivity contribution >= 4 is 23.4 Å². The first-order valence-electron chi connectivity index (χ1n) is 7.62. The first-order valence-corrected chi connectivity index (χ1v) is 8.85. The molecule has 1 atom stereocenters. The summed E-state index contributed by atoms with van der Waals surface area (Å²) in [5.74, 6) is 0.346. The van der Waals surface area contributed by atoms with Crippen LogP contribution in [0, 0.1) is 10.1 Å². The number of ether oxygens (including phenoxy) is 1. The van der Waals surface area contributed by atoms with E-state index in [-0.39, 0.29) is 23.2 Å². The van der Waals surface area contributed by atoms with Crippen LogP contribution >= 0.6 is 11.8 Å². The maximum atomic E-state index is 12.9. The van der Waals surface area contributed by atoms with Crippen LogP contribution in [0.5, 0.6) is 5.75 Å². The highest BCUT2D eigenvalue weighted by Crippen LogP contribution is 2.29. The lowest BCUT2D eigenvalue weighted by molar-refractivity contribution is -0.385. The molecule has 0 heterocycles. The van der Waals surface area contributed by atoms with Crippen LogP contribution in [0.4, 0.5) is 5.69 Å². The number of amides is 1. The third-order valence-corrected chi connectivity index (χ3v) is 4.86. The first-order chi connectivity index (χ1) is 11.9. The van der Waals surface area contributed by atoms with Gasteiger partial charge in [0, 0.05) is 18.0 Å². The van der Waals surface area contributed by atoms with Crippen molar-refractivity contribution in [2.75, 3.05) is 20.4 Å². The molecule has 0 radical (unpaired) electrons. The SMILES string of the molecule is COc1ccc(C(C)N(C)C(=O)c2cc(SC)ccc2[N+](=O)[O-])cc1. The Bertz CT molecular complexity index is 777. The molecule has 2 aromatic carbocycles. The number of nitro groups is 1. The quantitative estimate of drug-likeness (QED) is 0.439. The van der Waals surface area contributed by atoms with Crippen molar-refractivity contribution in [3.63, 3.8) is 0 Å². The smallest absolute Gasteiger partial charge is 0.282 e. The fraction of sp³-hybridized carbons (Fsp3) is 0.278. The highest BCUT2D eigenvalue weighted by Gasteiger charge is 2.26. The molecular formula is C18H20N2O4S. The predicted octanol–water partition coefficient (Wildman–Crippen LogP) is 4.16. The van der Waals surface area contributed by atoms with E-state index in [1.807, 2.05) is 37.4 Å². The van der Waals surface area contributed by atoms with Crippen LogP contribution in [-0.4, -0.2) is 36.1 Å². The van der Waals surface area contributed by atoms with Gasteiger partial charge in [0.15, 0.2) is 0 Å². The van der Waals surface area contributed by atoms with Crippen LogP contribution in [0.1, 0.15) is 28.9 Å². The van der Waals surface area contributed by atoms with Gasteiger partial charge in [-0.1, -0.05) is 12.1 Å². The van der Waals surface area contributed by atoms with Crippen molar-refractivity contribution in [1.29, 1.82) is 0 Å². The van der Waals surface area contributed by atoms with Crippen molar-refractivity contribution in [2.45, 2.75) is 17.9 Å². The molecule has 7 heteroatoms. The summed E-state index contributed by atoms with van der Waals surface area (Å²) in [4.78, 5) is 25.9. The summed E-state index contributed by atoms with van der Waals surface area (Å²) >= 11 is 1.43. The highest BCUT2D eigenvalue weighted by atomic mass is 32.2. The van der Waals surface area contributed by atoms with Gasteiger partial charge in [0.25, 0.3) is 11.6 Å². The molecule has 0 fully saturated rings. The maximum Gasteiger partial charge on any atom is 0.282 e. The summed E-state index contributed by atoms with van der Waals surface area (Å²) < 4.78 is 5.14. The predicted molar refractivity (Wildman–Crippen MR) is 98.4 cm³/mol. The van der Waals surface area contributed by atoms with Crippen molar-refractivity contribution in [2.24, 2.45) is 0 Å². The molecule has 0 aliphatic carbocycles. The molecule has 2 rings (SSSR count). The lowest BCUT2D eigenvalue weighted by Gasteiger charge is -2.25. The second-order valence-electron chi connectivity index (χ2n) is 5.51. The summed E-state index contributed by atoms with van der Waals surface area (Å²) in [6.45, 7) is 1.88. The minimum Gasteiger partial charge on any atom is -0.497 e. The summed E-state index contributed by atoms with van der Waals surface area (Å²) in [7, 11) is 3.23. The second kappa shape index (κ2) is 8.02. The molecule has 25 heavy (non-hydrogen) atoms. The Hall–Kier alpha value is -2.54. The molecule has 0 saturated carbocycles. The van der Waals surface area contributed by atoms with Gasteiger partial charge in [0.05, 0.1) is 18.1 Å². The Balaban J connectivity index is 2.33. The van der Waals surface area contributed by atoms with E-state index in [1.165, 1.54) is 22.7 Å². The number of thioether (sulfide) groups is 1. The van der Waals surface area contributed by atoms with E-state index in [2.05, 4.69) is 0 Å². The summed E-state index contributed by atoms with van der Waals surface area (Å²) in [6.07, 6.45) is 1.86. The minimum atomic E-state index is -0.525. The summed E-state index contributed by atoms with van der Waals surface area (Å²) in [5, 5.41) is 11.3. The van der Waals surface area contributed by atoms with E-state index in [0.29, 0.717) is 0 Å². The number of nitrogens with zero attached hydrogens (tertiary/aromatic N) is 2. The number of methoxy groups -OCH3 is 1. The normalized spacial score (nSPS) is 11.7. The third kappa shape index (κ3) is 4.11. The van der Waals surface area contributed by atoms with Crippen LogP contribution in [0.25, 0.3) is 0 Å². The molecule has 1 amide bonds. The minimum absolute atomic E-state index is 0.0970.